The largest absolute Gasteiger partial charge is 0.326 e. The molecule has 2 fully saturated rings. The van der Waals surface area contributed by atoms with Crippen molar-refractivity contribution < 1.29 is 9.59 Å². The van der Waals surface area contributed by atoms with Crippen molar-refractivity contribution in [2.24, 2.45) is 5.92 Å². The number of rotatable bonds is 5. The molecular weight excluding hydrogens is 396 g/mol. The number of carbonyl (C=O) groups excluding carboxylic acids is 2. The lowest BCUT2D eigenvalue weighted by Gasteiger charge is -2.44. The van der Waals surface area contributed by atoms with E-state index < -0.39 is 0 Å². The molecule has 2 aromatic rings. The van der Waals surface area contributed by atoms with Gasteiger partial charge in [0.2, 0.25) is 5.91 Å². The number of nitrogens with one attached hydrogen (secondary N) is 1. The van der Waals surface area contributed by atoms with Crippen molar-refractivity contribution in [3.8, 4) is 0 Å². The van der Waals surface area contributed by atoms with Gasteiger partial charge in [-0.05, 0) is 75.4 Å². The van der Waals surface area contributed by atoms with Crippen LogP contribution in [0.5, 0.6) is 0 Å². The van der Waals surface area contributed by atoms with Crippen LogP contribution >= 0.6 is 12.4 Å². The molecule has 0 spiro atoms. The zero-order valence-electron chi connectivity index (χ0n) is 17.6. The first-order chi connectivity index (χ1) is 14.1. The molecular formula is C25H31ClN2O2. The average molecular weight is 427 g/mol. The van der Waals surface area contributed by atoms with Gasteiger partial charge in [-0.3, -0.25) is 9.59 Å². The predicted molar refractivity (Wildman–Crippen MR) is 123 cm³/mol. The van der Waals surface area contributed by atoms with Gasteiger partial charge in [-0.15, -0.1) is 12.4 Å². The van der Waals surface area contributed by atoms with Crippen LogP contribution in [0.4, 0.5) is 5.69 Å². The lowest BCUT2D eigenvalue weighted by Crippen LogP contribution is -2.48. The molecule has 0 aromatic heterocycles. The molecule has 5 heteroatoms. The quantitative estimate of drug-likeness (QED) is 0.665. The maximum Gasteiger partial charge on any atom is 0.224 e. The highest BCUT2D eigenvalue weighted by Crippen LogP contribution is 2.33. The third kappa shape index (κ3) is 5.11. The monoisotopic (exact) mass is 426 g/mol. The fourth-order valence-corrected chi connectivity index (χ4v) is 4.96. The van der Waals surface area contributed by atoms with Gasteiger partial charge in [-0.25, -0.2) is 0 Å². The summed E-state index contributed by atoms with van der Waals surface area (Å²) in [6.07, 6.45) is 6.75. The van der Waals surface area contributed by atoms with Gasteiger partial charge in [-0.2, -0.15) is 0 Å². The van der Waals surface area contributed by atoms with E-state index >= 15 is 0 Å². The minimum Gasteiger partial charge on any atom is -0.326 e. The number of anilines is 1. The summed E-state index contributed by atoms with van der Waals surface area (Å²) in [6.45, 7) is 4.33. The van der Waals surface area contributed by atoms with E-state index in [-0.39, 0.29) is 24.1 Å². The summed E-state index contributed by atoms with van der Waals surface area (Å²) in [6, 6.07) is 15.4. The molecule has 1 N–H and O–H groups in total. The first-order valence-electron chi connectivity index (χ1n) is 10.9. The van der Waals surface area contributed by atoms with E-state index in [2.05, 4.69) is 10.2 Å². The van der Waals surface area contributed by atoms with Crippen molar-refractivity contribution in [1.82, 2.24) is 4.90 Å². The molecule has 30 heavy (non-hydrogen) atoms. The van der Waals surface area contributed by atoms with Crippen molar-refractivity contribution in [3.05, 3.63) is 65.2 Å². The van der Waals surface area contributed by atoms with Crippen LogP contribution in [-0.2, 0) is 4.79 Å². The van der Waals surface area contributed by atoms with Crippen LogP contribution in [-0.4, -0.2) is 35.7 Å². The molecule has 0 aliphatic carbocycles. The van der Waals surface area contributed by atoms with Gasteiger partial charge in [0.15, 0.2) is 5.78 Å². The van der Waals surface area contributed by atoms with Crippen LogP contribution in [0.15, 0.2) is 48.5 Å². The molecule has 2 heterocycles. The SMILES string of the molecule is Cc1cc(C(=O)c2ccccc2)ccc1NC(=O)CC1CCCN2CCCCC12.Cl. The molecule has 1 amide bonds. The number of carbonyl (C=O) groups is 2. The number of fused-ring (bicyclic) bond motifs is 1. The number of amides is 1. The van der Waals surface area contributed by atoms with Crippen LogP contribution in [0.2, 0.25) is 0 Å². The van der Waals surface area contributed by atoms with Gasteiger partial charge in [0, 0.05) is 29.3 Å². The van der Waals surface area contributed by atoms with E-state index in [9.17, 15) is 9.59 Å². The number of aryl methyl sites for hydroxylation is 1. The Morgan fingerprint density at radius 3 is 2.50 bits per heavy atom. The molecule has 2 aliphatic rings. The number of ketones is 1. The number of piperidine rings is 2. The van der Waals surface area contributed by atoms with E-state index in [0.717, 1.165) is 17.7 Å². The smallest absolute Gasteiger partial charge is 0.224 e. The van der Waals surface area contributed by atoms with Gasteiger partial charge in [0.1, 0.15) is 0 Å². The third-order valence-corrected chi connectivity index (χ3v) is 6.47. The Morgan fingerprint density at radius 1 is 0.967 bits per heavy atom. The topological polar surface area (TPSA) is 49.4 Å². The summed E-state index contributed by atoms with van der Waals surface area (Å²) in [4.78, 5) is 28.0. The Balaban J connectivity index is 0.00000256. The maximum absolute atomic E-state index is 12.8. The van der Waals surface area contributed by atoms with E-state index in [1.807, 2.05) is 49.4 Å². The van der Waals surface area contributed by atoms with Gasteiger partial charge >= 0.3 is 0 Å². The Labute approximate surface area is 185 Å². The second-order valence-corrected chi connectivity index (χ2v) is 8.48. The highest BCUT2D eigenvalue weighted by atomic mass is 35.5. The lowest BCUT2D eigenvalue weighted by atomic mass is 9.81. The first-order valence-corrected chi connectivity index (χ1v) is 10.9. The average Bonchev–Trinajstić information content (AvgIpc) is 2.75. The Hall–Kier alpha value is -2.17. The minimum atomic E-state index is 0. The lowest BCUT2D eigenvalue weighted by molar-refractivity contribution is -0.118. The summed E-state index contributed by atoms with van der Waals surface area (Å²) in [5.41, 5.74) is 3.05. The summed E-state index contributed by atoms with van der Waals surface area (Å²) < 4.78 is 0. The molecule has 4 rings (SSSR count). The zero-order valence-corrected chi connectivity index (χ0v) is 18.4. The molecule has 0 bridgehead atoms. The van der Waals surface area contributed by atoms with Crippen LogP contribution in [0, 0.1) is 12.8 Å². The Bertz CT molecular complexity index is 882. The van der Waals surface area contributed by atoms with E-state index in [1.54, 1.807) is 6.07 Å². The summed E-state index contributed by atoms with van der Waals surface area (Å²) in [5.74, 6) is 0.558. The summed E-state index contributed by atoms with van der Waals surface area (Å²) >= 11 is 0. The van der Waals surface area contributed by atoms with Crippen molar-refractivity contribution in [2.45, 2.75) is 51.5 Å². The Morgan fingerprint density at radius 2 is 1.73 bits per heavy atom. The van der Waals surface area contributed by atoms with Crippen LogP contribution in [0.3, 0.4) is 0 Å². The van der Waals surface area contributed by atoms with Gasteiger partial charge in [0.25, 0.3) is 0 Å². The first kappa shape index (κ1) is 22.5. The second kappa shape index (κ2) is 10.2. The molecule has 160 valence electrons. The second-order valence-electron chi connectivity index (χ2n) is 8.48. The normalized spacial score (nSPS) is 21.2. The predicted octanol–water partition coefficient (Wildman–Crippen LogP) is 5.24. The molecule has 0 saturated carbocycles. The number of halogens is 1. The van der Waals surface area contributed by atoms with Gasteiger partial charge in [-0.1, -0.05) is 36.8 Å². The molecule has 2 atom stereocenters. The number of nitrogens with zero attached hydrogens (tertiary/aromatic N) is 1. The molecule has 0 radical (unpaired) electrons. The maximum atomic E-state index is 12.8. The highest BCUT2D eigenvalue weighted by Gasteiger charge is 2.34. The Kier molecular flexibility index (Phi) is 7.68. The van der Waals surface area contributed by atoms with Gasteiger partial charge < -0.3 is 10.2 Å². The van der Waals surface area contributed by atoms with Crippen molar-refractivity contribution >= 4 is 29.8 Å². The van der Waals surface area contributed by atoms with E-state index in [0.29, 0.717) is 29.5 Å². The fourth-order valence-electron chi connectivity index (χ4n) is 4.96. The van der Waals surface area contributed by atoms with E-state index in [1.165, 1.54) is 38.8 Å². The minimum absolute atomic E-state index is 0. The van der Waals surface area contributed by atoms with Gasteiger partial charge in [0.05, 0.1) is 0 Å². The van der Waals surface area contributed by atoms with Crippen molar-refractivity contribution in [2.75, 3.05) is 18.4 Å². The molecule has 2 aromatic carbocycles. The number of hydrogen-bond donors (Lipinski definition) is 1. The van der Waals surface area contributed by atoms with Crippen LogP contribution in [0.25, 0.3) is 0 Å². The number of benzene rings is 2. The van der Waals surface area contributed by atoms with Crippen LogP contribution in [0.1, 0.15) is 60.0 Å². The van der Waals surface area contributed by atoms with Crippen molar-refractivity contribution in [1.29, 1.82) is 0 Å². The summed E-state index contributed by atoms with van der Waals surface area (Å²) in [7, 11) is 0. The molecule has 2 aliphatic heterocycles. The zero-order chi connectivity index (χ0) is 20.2. The van der Waals surface area contributed by atoms with E-state index in [4.69, 9.17) is 0 Å². The fraction of sp³-hybridized carbons (Fsp3) is 0.440. The third-order valence-electron chi connectivity index (χ3n) is 6.47. The highest BCUT2D eigenvalue weighted by molar-refractivity contribution is 6.09. The number of hydrogen-bond acceptors (Lipinski definition) is 3. The molecule has 2 unspecified atom stereocenters. The van der Waals surface area contributed by atoms with Crippen LogP contribution < -0.4 is 5.32 Å². The summed E-state index contributed by atoms with van der Waals surface area (Å²) in [5, 5.41) is 3.09. The van der Waals surface area contributed by atoms with Crippen molar-refractivity contribution in [3.63, 3.8) is 0 Å². The molecule has 2 saturated heterocycles. The molecule has 4 nitrogen and oxygen atoms in total. The standard InChI is InChI=1S/C25H30N2O2.ClH/c1-18-16-21(25(29)19-8-3-2-4-9-19)12-13-22(18)26-24(28)17-20-10-7-15-27-14-6-5-11-23(20)27;/h2-4,8-9,12-13,16,20,23H,5-7,10-11,14-15,17H2,1H3,(H,26,28);1H.